The fourth-order valence-electron chi connectivity index (χ4n) is 7.79. The normalized spacial score (nSPS) is 13.3. The van der Waals surface area contributed by atoms with Gasteiger partial charge in [0.05, 0.1) is 5.41 Å². The van der Waals surface area contributed by atoms with Crippen LogP contribution in [0.4, 0.5) is 0 Å². The molecule has 4 heteroatoms. The third-order valence-electron chi connectivity index (χ3n) is 10.0. The van der Waals surface area contributed by atoms with Crippen LogP contribution in [0.15, 0.2) is 186 Å². The molecule has 1 spiro atoms. The van der Waals surface area contributed by atoms with E-state index in [1.54, 1.807) is 0 Å². The Hall–Kier alpha value is -6.10. The highest BCUT2D eigenvalue weighted by molar-refractivity contribution is 7.99. The Bertz CT molecular complexity index is 2460. The predicted molar refractivity (Wildman–Crippen MR) is 203 cm³/mol. The van der Waals surface area contributed by atoms with Crippen LogP contribution in [0.5, 0.6) is 0 Å². The van der Waals surface area contributed by atoms with E-state index in [0.717, 1.165) is 22.3 Å². The summed E-state index contributed by atoms with van der Waals surface area (Å²) in [5.41, 5.74) is 12.8. The maximum Gasteiger partial charge on any atom is 0.164 e. The number of aromatic nitrogens is 3. The number of hydrogen-bond acceptors (Lipinski definition) is 4. The van der Waals surface area contributed by atoms with Crippen LogP contribution in [0.25, 0.3) is 56.4 Å². The molecule has 10 rings (SSSR count). The molecule has 0 bridgehead atoms. The molecule has 2 aliphatic rings. The van der Waals surface area contributed by atoms with Crippen molar-refractivity contribution >= 4 is 11.8 Å². The molecule has 1 aliphatic carbocycles. The van der Waals surface area contributed by atoms with E-state index in [4.69, 9.17) is 15.0 Å². The fourth-order valence-corrected chi connectivity index (χ4v) is 8.96. The number of nitrogens with zero attached hydrogens (tertiary/aromatic N) is 3. The number of fused-ring (bicyclic) bond motifs is 9. The van der Waals surface area contributed by atoms with Crippen molar-refractivity contribution in [1.82, 2.24) is 15.0 Å². The lowest BCUT2D eigenvalue weighted by atomic mass is 9.67. The number of benzene rings is 7. The molecule has 7 aromatic carbocycles. The standard InChI is InChI=1S/C46H29N3S/c1-3-13-31(14-4-1)43-47-44(32-15-5-2-6-16-32)49-45(48-43)33-25-23-30(24-26-33)34-27-28-42-40(29-34)46(39-21-11-12-22-41(39)50-42)37-19-9-7-17-35(37)36-18-8-10-20-38(36)46/h1-29H. The Balaban J connectivity index is 1.11. The van der Waals surface area contributed by atoms with E-state index >= 15 is 0 Å². The summed E-state index contributed by atoms with van der Waals surface area (Å²) in [4.78, 5) is 17.4. The first kappa shape index (κ1) is 28.9. The van der Waals surface area contributed by atoms with Crippen LogP contribution < -0.4 is 0 Å². The molecular weight excluding hydrogens is 627 g/mol. The monoisotopic (exact) mass is 655 g/mol. The van der Waals surface area contributed by atoms with E-state index in [0.29, 0.717) is 17.5 Å². The van der Waals surface area contributed by atoms with Gasteiger partial charge in [-0.15, -0.1) is 0 Å². The van der Waals surface area contributed by atoms with E-state index in [2.05, 4.69) is 115 Å². The summed E-state index contributed by atoms with van der Waals surface area (Å²) in [6.07, 6.45) is 0. The maximum absolute atomic E-state index is 4.95. The molecule has 0 amide bonds. The van der Waals surface area contributed by atoms with Gasteiger partial charge in [0, 0.05) is 26.5 Å². The molecule has 0 fully saturated rings. The van der Waals surface area contributed by atoms with E-state index in [1.165, 1.54) is 48.7 Å². The van der Waals surface area contributed by atoms with Crippen LogP contribution in [0.1, 0.15) is 22.3 Å². The third-order valence-corrected chi connectivity index (χ3v) is 11.2. The summed E-state index contributed by atoms with van der Waals surface area (Å²) in [6, 6.07) is 62.7. The summed E-state index contributed by atoms with van der Waals surface area (Å²) in [7, 11) is 0. The second-order valence-electron chi connectivity index (χ2n) is 12.8. The molecule has 8 aromatic rings. The summed E-state index contributed by atoms with van der Waals surface area (Å²) in [5, 5.41) is 0. The molecule has 0 saturated heterocycles. The zero-order valence-corrected chi connectivity index (χ0v) is 27.8. The first-order valence-electron chi connectivity index (χ1n) is 16.9. The van der Waals surface area contributed by atoms with Crippen molar-refractivity contribution in [2.24, 2.45) is 0 Å². The molecule has 0 unspecified atom stereocenters. The molecule has 234 valence electrons. The minimum atomic E-state index is -0.396. The number of hydrogen-bond donors (Lipinski definition) is 0. The maximum atomic E-state index is 4.95. The van der Waals surface area contributed by atoms with Crippen LogP contribution in [-0.4, -0.2) is 15.0 Å². The smallest absolute Gasteiger partial charge is 0.164 e. The van der Waals surface area contributed by atoms with Gasteiger partial charge in [-0.3, -0.25) is 0 Å². The van der Waals surface area contributed by atoms with Gasteiger partial charge in [0.1, 0.15) is 0 Å². The summed E-state index contributed by atoms with van der Waals surface area (Å²) >= 11 is 1.87. The first-order chi connectivity index (χ1) is 24.8. The topological polar surface area (TPSA) is 38.7 Å². The Kier molecular flexibility index (Phi) is 6.64. The van der Waals surface area contributed by atoms with Crippen LogP contribution >= 0.6 is 11.8 Å². The molecule has 3 nitrogen and oxygen atoms in total. The van der Waals surface area contributed by atoms with Gasteiger partial charge in [0.2, 0.25) is 0 Å². The molecule has 2 heterocycles. The summed E-state index contributed by atoms with van der Waals surface area (Å²) in [6.45, 7) is 0. The highest BCUT2D eigenvalue weighted by Crippen LogP contribution is 2.62. The molecule has 0 radical (unpaired) electrons. The van der Waals surface area contributed by atoms with E-state index in [9.17, 15) is 0 Å². The Morgan fingerprint density at radius 3 is 1.32 bits per heavy atom. The second-order valence-corrected chi connectivity index (χ2v) is 13.8. The van der Waals surface area contributed by atoms with Gasteiger partial charge in [0.15, 0.2) is 17.5 Å². The quantitative estimate of drug-likeness (QED) is 0.189. The van der Waals surface area contributed by atoms with Crippen LogP contribution in [0.3, 0.4) is 0 Å². The first-order valence-corrected chi connectivity index (χ1v) is 17.7. The van der Waals surface area contributed by atoms with Crippen molar-refractivity contribution in [1.29, 1.82) is 0 Å². The van der Waals surface area contributed by atoms with Crippen molar-refractivity contribution in [3.05, 3.63) is 198 Å². The van der Waals surface area contributed by atoms with Gasteiger partial charge in [0.25, 0.3) is 0 Å². The van der Waals surface area contributed by atoms with E-state index in [1.807, 2.05) is 72.4 Å². The van der Waals surface area contributed by atoms with E-state index < -0.39 is 5.41 Å². The van der Waals surface area contributed by atoms with Gasteiger partial charge in [-0.25, -0.2) is 15.0 Å². The zero-order valence-electron chi connectivity index (χ0n) is 27.0. The average molecular weight is 656 g/mol. The Labute approximate surface area is 295 Å². The summed E-state index contributed by atoms with van der Waals surface area (Å²) < 4.78 is 0. The van der Waals surface area contributed by atoms with Gasteiger partial charge >= 0.3 is 0 Å². The van der Waals surface area contributed by atoms with Gasteiger partial charge in [-0.05, 0) is 62.7 Å². The highest BCUT2D eigenvalue weighted by Gasteiger charge is 2.50. The summed E-state index contributed by atoms with van der Waals surface area (Å²) in [5.74, 6) is 1.97. The van der Waals surface area contributed by atoms with Crippen molar-refractivity contribution in [2.75, 3.05) is 0 Å². The molecule has 0 saturated carbocycles. The van der Waals surface area contributed by atoms with Crippen LogP contribution in [0.2, 0.25) is 0 Å². The fraction of sp³-hybridized carbons (Fsp3) is 0.0217. The average Bonchev–Trinajstić information content (AvgIpc) is 3.49. The lowest BCUT2D eigenvalue weighted by molar-refractivity contribution is 0.723. The van der Waals surface area contributed by atoms with Crippen molar-refractivity contribution in [3.63, 3.8) is 0 Å². The molecule has 0 N–H and O–H groups in total. The minimum absolute atomic E-state index is 0.396. The second kappa shape index (κ2) is 11.5. The highest BCUT2D eigenvalue weighted by atomic mass is 32.2. The van der Waals surface area contributed by atoms with Crippen molar-refractivity contribution < 1.29 is 0 Å². The third kappa shape index (κ3) is 4.42. The zero-order chi connectivity index (χ0) is 33.1. The molecule has 1 aromatic heterocycles. The SMILES string of the molecule is c1ccc(-c2nc(-c3ccccc3)nc(-c3ccc(-c4ccc5c(c4)C4(c6ccccc6S5)c5ccccc5-c5ccccc54)cc3)n2)cc1. The van der Waals surface area contributed by atoms with E-state index in [-0.39, 0.29) is 0 Å². The predicted octanol–water partition coefficient (Wildman–Crippen LogP) is 11.4. The van der Waals surface area contributed by atoms with Gasteiger partial charge in [-0.1, -0.05) is 169 Å². The largest absolute Gasteiger partial charge is 0.208 e. The molecular formula is C46H29N3S. The Morgan fingerprint density at radius 2 is 0.740 bits per heavy atom. The minimum Gasteiger partial charge on any atom is -0.208 e. The molecule has 0 atom stereocenters. The lowest BCUT2D eigenvalue weighted by Crippen LogP contribution is -2.32. The van der Waals surface area contributed by atoms with Crippen molar-refractivity contribution in [3.8, 4) is 56.4 Å². The number of rotatable bonds is 4. The van der Waals surface area contributed by atoms with Crippen LogP contribution in [0, 0.1) is 0 Å². The van der Waals surface area contributed by atoms with Gasteiger partial charge < -0.3 is 0 Å². The lowest BCUT2D eigenvalue weighted by Gasteiger charge is -2.40. The van der Waals surface area contributed by atoms with Crippen LogP contribution in [-0.2, 0) is 5.41 Å². The Morgan fingerprint density at radius 1 is 0.320 bits per heavy atom. The van der Waals surface area contributed by atoms with Gasteiger partial charge in [-0.2, -0.15) is 0 Å². The van der Waals surface area contributed by atoms with Crippen molar-refractivity contribution in [2.45, 2.75) is 15.2 Å². The molecule has 1 aliphatic heterocycles. The molecule has 50 heavy (non-hydrogen) atoms.